The zero-order valence-corrected chi connectivity index (χ0v) is 15.9. The Morgan fingerprint density at radius 2 is 1.85 bits per heavy atom. The molecule has 1 fully saturated rings. The number of aliphatic hydroxyl groups excluding tert-OH is 2. The first-order valence-corrected chi connectivity index (χ1v) is 9.38. The smallest absolute Gasteiger partial charge is 0.120 e. The highest BCUT2D eigenvalue weighted by Crippen LogP contribution is 2.32. The predicted molar refractivity (Wildman–Crippen MR) is 103 cm³/mol. The van der Waals surface area contributed by atoms with Crippen LogP contribution in [0.25, 0.3) is 11.1 Å². The van der Waals surface area contributed by atoms with Crippen molar-refractivity contribution in [3.63, 3.8) is 0 Å². The summed E-state index contributed by atoms with van der Waals surface area (Å²) in [6.45, 7) is 4.63. The largest absolute Gasteiger partial charge is 0.491 e. The number of halogens is 1. The quantitative estimate of drug-likeness (QED) is 0.783. The Hall–Kier alpha value is -1.59. The molecule has 0 spiro atoms. The number of hydrogen-bond acceptors (Lipinski definition) is 4. The van der Waals surface area contributed by atoms with Crippen molar-refractivity contribution in [2.45, 2.75) is 44.5 Å². The lowest BCUT2D eigenvalue weighted by molar-refractivity contribution is -0.129. The van der Waals surface area contributed by atoms with E-state index in [2.05, 4.69) is 26.0 Å². The molecule has 3 atom stereocenters. The molecule has 0 aliphatic carbocycles. The third-order valence-corrected chi connectivity index (χ3v) is 5.07. The molecule has 0 saturated carbocycles. The summed E-state index contributed by atoms with van der Waals surface area (Å²) in [6, 6.07) is 12.3. The van der Waals surface area contributed by atoms with Gasteiger partial charge in [-0.1, -0.05) is 18.2 Å². The van der Waals surface area contributed by atoms with Gasteiger partial charge >= 0.3 is 0 Å². The lowest BCUT2D eigenvalue weighted by atomic mass is 9.94. The molecule has 0 unspecified atom stereocenters. The molecule has 1 aliphatic heterocycles. The van der Waals surface area contributed by atoms with Crippen LogP contribution >= 0.6 is 11.6 Å². The van der Waals surface area contributed by atoms with Gasteiger partial charge in [0.05, 0.1) is 18.8 Å². The second kappa shape index (κ2) is 8.40. The molecule has 4 nitrogen and oxygen atoms in total. The summed E-state index contributed by atoms with van der Waals surface area (Å²) in [7, 11) is 0. The second-order valence-electron chi connectivity index (χ2n) is 6.90. The summed E-state index contributed by atoms with van der Waals surface area (Å²) in [5.74, 6) is 1.27. The lowest BCUT2D eigenvalue weighted by Crippen LogP contribution is -2.43. The summed E-state index contributed by atoms with van der Waals surface area (Å²) in [5, 5.41) is 19.2. The Kier molecular flexibility index (Phi) is 6.20. The number of aliphatic hydroxyl groups is 2. The lowest BCUT2D eigenvalue weighted by Gasteiger charge is -2.30. The molecule has 1 aliphatic rings. The van der Waals surface area contributed by atoms with Crippen LogP contribution in [0.3, 0.4) is 0 Å². The molecule has 1 heterocycles. The van der Waals surface area contributed by atoms with Crippen LogP contribution in [0.1, 0.15) is 23.1 Å². The van der Waals surface area contributed by atoms with E-state index in [1.807, 2.05) is 24.3 Å². The minimum Gasteiger partial charge on any atom is -0.491 e. The number of rotatable bonds is 5. The van der Waals surface area contributed by atoms with Crippen molar-refractivity contribution >= 4 is 11.6 Å². The van der Waals surface area contributed by atoms with E-state index in [9.17, 15) is 10.2 Å². The van der Waals surface area contributed by atoms with Gasteiger partial charge in [0.25, 0.3) is 0 Å². The summed E-state index contributed by atoms with van der Waals surface area (Å²) in [5.41, 5.74) is 5.70. The fraction of sp³-hybridized carbons (Fsp3) is 0.429. The first kappa shape index (κ1) is 19.2. The van der Waals surface area contributed by atoms with E-state index in [4.69, 9.17) is 21.1 Å². The average Bonchev–Trinajstić information content (AvgIpc) is 2.62. The van der Waals surface area contributed by atoms with Gasteiger partial charge in [0, 0.05) is 12.3 Å². The number of hydrogen-bond donors (Lipinski definition) is 2. The van der Waals surface area contributed by atoms with E-state index < -0.39 is 12.2 Å². The third-order valence-electron chi connectivity index (χ3n) is 4.76. The number of aryl methyl sites for hydroxylation is 2. The first-order chi connectivity index (χ1) is 12.5. The molecule has 0 amide bonds. The maximum Gasteiger partial charge on any atom is 0.120 e. The molecule has 5 heteroatoms. The van der Waals surface area contributed by atoms with Crippen molar-refractivity contribution in [2.24, 2.45) is 0 Å². The van der Waals surface area contributed by atoms with Crippen LogP contribution in [-0.2, 0) is 10.6 Å². The summed E-state index contributed by atoms with van der Waals surface area (Å²) < 4.78 is 11.4. The zero-order valence-electron chi connectivity index (χ0n) is 15.1. The molecule has 26 heavy (non-hydrogen) atoms. The summed E-state index contributed by atoms with van der Waals surface area (Å²) in [4.78, 5) is 0. The molecule has 3 rings (SSSR count). The van der Waals surface area contributed by atoms with Crippen LogP contribution in [0.5, 0.6) is 5.75 Å². The molecule has 2 aromatic rings. The van der Waals surface area contributed by atoms with Crippen molar-refractivity contribution in [3.8, 4) is 16.9 Å². The van der Waals surface area contributed by atoms with Crippen LogP contribution in [0.4, 0.5) is 0 Å². The van der Waals surface area contributed by atoms with Gasteiger partial charge in [0.2, 0.25) is 0 Å². The third kappa shape index (κ3) is 4.38. The first-order valence-electron chi connectivity index (χ1n) is 8.85. The Labute approximate surface area is 159 Å². The fourth-order valence-corrected chi connectivity index (χ4v) is 3.58. The van der Waals surface area contributed by atoms with Crippen LogP contribution < -0.4 is 4.74 Å². The highest BCUT2D eigenvalue weighted by atomic mass is 35.5. The van der Waals surface area contributed by atoms with Gasteiger partial charge in [-0.15, -0.1) is 11.6 Å². The molecular weight excluding hydrogens is 352 g/mol. The highest BCUT2D eigenvalue weighted by Gasteiger charge is 2.28. The van der Waals surface area contributed by atoms with Crippen LogP contribution in [-0.4, -0.2) is 41.7 Å². The van der Waals surface area contributed by atoms with E-state index in [1.54, 1.807) is 0 Å². The summed E-state index contributed by atoms with van der Waals surface area (Å²) >= 11 is 5.96. The van der Waals surface area contributed by atoms with Crippen molar-refractivity contribution in [3.05, 3.63) is 53.1 Å². The minimum absolute atomic E-state index is 0.142. The van der Waals surface area contributed by atoms with Gasteiger partial charge in [-0.2, -0.15) is 0 Å². The monoisotopic (exact) mass is 376 g/mol. The van der Waals surface area contributed by atoms with Crippen molar-refractivity contribution < 1.29 is 19.7 Å². The van der Waals surface area contributed by atoms with Crippen molar-refractivity contribution in [2.75, 3.05) is 13.2 Å². The minimum atomic E-state index is -0.807. The van der Waals surface area contributed by atoms with E-state index in [1.165, 1.54) is 5.56 Å². The molecule has 0 radical (unpaired) electrons. The zero-order chi connectivity index (χ0) is 18.7. The van der Waals surface area contributed by atoms with Gasteiger partial charge in [0.1, 0.15) is 18.5 Å². The predicted octanol–water partition coefficient (Wildman–Crippen LogP) is 3.60. The van der Waals surface area contributed by atoms with E-state index in [0.717, 1.165) is 28.0 Å². The highest BCUT2D eigenvalue weighted by molar-refractivity contribution is 6.17. The second-order valence-corrected chi connectivity index (χ2v) is 7.17. The topological polar surface area (TPSA) is 58.9 Å². The normalized spacial score (nSPS) is 23.0. The Bertz CT molecular complexity index is 738. The van der Waals surface area contributed by atoms with Crippen LogP contribution in [0, 0.1) is 13.8 Å². The maximum absolute atomic E-state index is 9.74. The number of benzene rings is 2. The molecule has 2 aromatic carbocycles. The van der Waals surface area contributed by atoms with Crippen molar-refractivity contribution in [1.82, 2.24) is 0 Å². The van der Waals surface area contributed by atoms with E-state index >= 15 is 0 Å². The molecular formula is C21H25ClO4. The molecule has 0 bridgehead atoms. The van der Waals surface area contributed by atoms with Gasteiger partial charge in [-0.05, 0) is 59.9 Å². The van der Waals surface area contributed by atoms with Crippen LogP contribution in [0.15, 0.2) is 36.4 Å². The van der Waals surface area contributed by atoms with E-state index in [-0.39, 0.29) is 12.7 Å². The molecule has 2 N–H and O–H groups in total. The van der Waals surface area contributed by atoms with Crippen molar-refractivity contribution in [1.29, 1.82) is 0 Å². The fourth-order valence-electron chi connectivity index (χ4n) is 3.42. The molecule has 1 saturated heterocycles. The molecule has 0 aromatic heterocycles. The van der Waals surface area contributed by atoms with Gasteiger partial charge in [-0.3, -0.25) is 0 Å². The summed E-state index contributed by atoms with van der Waals surface area (Å²) in [6.07, 6.45) is -1.40. The average molecular weight is 377 g/mol. The Balaban J connectivity index is 1.73. The standard InChI is InChI=1S/C21H25ClO4/c1-13-6-17(25-11-18-9-19(23)20(24)12-26-18)7-14(2)21(13)16-5-3-4-15(8-16)10-22/h3-8,18-20,23-24H,9-12H2,1-2H3/t18-,19-,20-/m0/s1. The van der Waals surface area contributed by atoms with E-state index in [0.29, 0.717) is 18.9 Å². The SMILES string of the molecule is Cc1cc(OC[C@@H]2C[C@H](O)[C@@H](O)CO2)cc(C)c1-c1cccc(CCl)c1. The van der Waals surface area contributed by atoms with Gasteiger partial charge in [-0.25, -0.2) is 0 Å². The number of alkyl halides is 1. The maximum atomic E-state index is 9.74. The van der Waals surface area contributed by atoms with Gasteiger partial charge in [0.15, 0.2) is 0 Å². The molecule has 140 valence electrons. The van der Waals surface area contributed by atoms with Crippen LogP contribution in [0.2, 0.25) is 0 Å². The Morgan fingerprint density at radius 1 is 1.12 bits per heavy atom. The Morgan fingerprint density at radius 3 is 2.50 bits per heavy atom. The van der Waals surface area contributed by atoms with Gasteiger partial charge < -0.3 is 19.7 Å². The number of ether oxygens (including phenoxy) is 2.